The zero-order valence-corrected chi connectivity index (χ0v) is 17.6. The molecule has 0 fully saturated rings. The number of carbonyl (C=O) groups is 4. The first-order valence-electron chi connectivity index (χ1n) is 10.0. The molecule has 1 heterocycles. The lowest BCUT2D eigenvalue weighted by atomic mass is 10.0. The van der Waals surface area contributed by atoms with Crippen LogP contribution in [0, 0.1) is 5.92 Å². The predicted molar refractivity (Wildman–Crippen MR) is 115 cm³/mol. The second kappa shape index (κ2) is 10.6. The maximum atomic E-state index is 12.8. The molecule has 0 aliphatic carbocycles. The summed E-state index contributed by atoms with van der Waals surface area (Å²) in [5, 5.41) is 14.9. The van der Waals surface area contributed by atoms with Crippen molar-refractivity contribution in [2.45, 2.75) is 51.2 Å². The van der Waals surface area contributed by atoms with E-state index in [-0.39, 0.29) is 25.2 Å². The standard InChI is InChI=1S/C21H29N5O5/c1-11(2)18(22)21(31)25-15(7-8-17(27)28)20(30)26-16(19(23)29)9-12-10-24-14-6-4-3-5-13(12)14/h3-6,10-11,15-16,18,24H,7-9,22H2,1-2H3,(H2,23,29)(H,25,31)(H,26,30)(H,27,28). The summed E-state index contributed by atoms with van der Waals surface area (Å²) in [7, 11) is 0. The SMILES string of the molecule is CC(C)C(N)C(=O)NC(CCC(=O)O)C(=O)NC(Cc1c[nH]c2ccccc12)C(N)=O. The van der Waals surface area contributed by atoms with Gasteiger partial charge in [-0.05, 0) is 24.0 Å². The molecule has 10 heteroatoms. The fourth-order valence-electron chi connectivity index (χ4n) is 3.12. The average molecular weight is 431 g/mol. The number of carbonyl (C=O) groups excluding carboxylic acids is 3. The maximum Gasteiger partial charge on any atom is 0.303 e. The van der Waals surface area contributed by atoms with Crippen molar-refractivity contribution in [2.24, 2.45) is 17.4 Å². The number of benzene rings is 1. The van der Waals surface area contributed by atoms with Gasteiger partial charge in [0.2, 0.25) is 17.7 Å². The number of nitrogens with one attached hydrogen (secondary N) is 3. The van der Waals surface area contributed by atoms with Crippen LogP contribution in [-0.4, -0.2) is 51.9 Å². The van der Waals surface area contributed by atoms with Crippen molar-refractivity contribution in [1.29, 1.82) is 0 Å². The molecular formula is C21H29N5O5. The maximum absolute atomic E-state index is 12.8. The number of nitrogens with two attached hydrogens (primary N) is 2. The normalized spacial score (nSPS) is 14.1. The van der Waals surface area contributed by atoms with Crippen LogP contribution < -0.4 is 22.1 Å². The molecule has 0 saturated heterocycles. The lowest BCUT2D eigenvalue weighted by Crippen LogP contribution is -2.56. The van der Waals surface area contributed by atoms with Crippen molar-refractivity contribution in [3.05, 3.63) is 36.0 Å². The number of carboxylic acids is 1. The summed E-state index contributed by atoms with van der Waals surface area (Å²) in [6.07, 6.45) is 1.36. The van der Waals surface area contributed by atoms with Crippen LogP contribution >= 0.6 is 0 Å². The summed E-state index contributed by atoms with van der Waals surface area (Å²) in [4.78, 5) is 51.2. The molecule has 168 valence electrons. The number of hydrogen-bond donors (Lipinski definition) is 6. The summed E-state index contributed by atoms with van der Waals surface area (Å²) in [6, 6.07) is 4.41. The second-order valence-corrected chi connectivity index (χ2v) is 7.79. The summed E-state index contributed by atoms with van der Waals surface area (Å²) in [6.45, 7) is 3.50. The molecule has 3 atom stereocenters. The van der Waals surface area contributed by atoms with E-state index in [0.29, 0.717) is 0 Å². The van der Waals surface area contributed by atoms with Gasteiger partial charge >= 0.3 is 5.97 Å². The summed E-state index contributed by atoms with van der Waals surface area (Å²) in [5.74, 6) is -3.32. The molecule has 3 amide bonds. The van der Waals surface area contributed by atoms with E-state index in [9.17, 15) is 19.2 Å². The minimum Gasteiger partial charge on any atom is -0.481 e. The number of para-hydroxylation sites is 1. The number of primary amides is 1. The number of aliphatic carboxylic acids is 1. The highest BCUT2D eigenvalue weighted by atomic mass is 16.4. The Morgan fingerprint density at radius 1 is 1.06 bits per heavy atom. The molecule has 0 aliphatic heterocycles. The number of carboxylic acid groups (broad SMARTS) is 1. The van der Waals surface area contributed by atoms with E-state index in [1.807, 2.05) is 24.3 Å². The monoisotopic (exact) mass is 431 g/mol. The van der Waals surface area contributed by atoms with Gasteiger partial charge in [0.15, 0.2) is 0 Å². The molecule has 0 radical (unpaired) electrons. The van der Waals surface area contributed by atoms with Crippen LogP contribution in [0.1, 0.15) is 32.3 Å². The minimum atomic E-state index is -1.17. The quantitative estimate of drug-likeness (QED) is 0.291. The predicted octanol–water partition coefficient (Wildman–Crippen LogP) is 0.0134. The largest absolute Gasteiger partial charge is 0.481 e. The molecule has 2 aromatic rings. The minimum absolute atomic E-state index is 0.135. The number of fused-ring (bicyclic) bond motifs is 1. The number of aromatic amines is 1. The molecule has 0 spiro atoms. The molecule has 8 N–H and O–H groups in total. The third kappa shape index (κ3) is 6.54. The number of hydrogen-bond acceptors (Lipinski definition) is 5. The van der Waals surface area contributed by atoms with E-state index in [1.165, 1.54) is 0 Å². The Bertz CT molecular complexity index is 955. The molecule has 0 bridgehead atoms. The molecule has 10 nitrogen and oxygen atoms in total. The van der Waals surface area contributed by atoms with Crippen LogP contribution in [0.15, 0.2) is 30.5 Å². The summed E-state index contributed by atoms with van der Waals surface area (Å²) >= 11 is 0. The van der Waals surface area contributed by atoms with Crippen molar-refractivity contribution >= 4 is 34.6 Å². The van der Waals surface area contributed by atoms with Crippen molar-refractivity contribution < 1.29 is 24.3 Å². The third-order valence-corrected chi connectivity index (χ3v) is 5.06. The van der Waals surface area contributed by atoms with Crippen LogP contribution in [-0.2, 0) is 25.6 Å². The highest BCUT2D eigenvalue weighted by molar-refractivity contribution is 5.93. The lowest BCUT2D eigenvalue weighted by molar-refractivity contribution is -0.138. The first-order chi connectivity index (χ1) is 14.6. The highest BCUT2D eigenvalue weighted by Crippen LogP contribution is 2.19. The van der Waals surface area contributed by atoms with Crippen molar-refractivity contribution in [3.8, 4) is 0 Å². The van der Waals surface area contributed by atoms with Crippen LogP contribution in [0.25, 0.3) is 10.9 Å². The zero-order valence-electron chi connectivity index (χ0n) is 17.6. The summed E-state index contributed by atoms with van der Waals surface area (Å²) in [5.41, 5.74) is 13.0. The van der Waals surface area contributed by atoms with Crippen molar-refractivity contribution in [2.75, 3.05) is 0 Å². The molecule has 0 aliphatic rings. The van der Waals surface area contributed by atoms with Crippen molar-refractivity contribution in [3.63, 3.8) is 0 Å². The van der Waals surface area contributed by atoms with Gasteiger partial charge in [-0.2, -0.15) is 0 Å². The molecule has 0 saturated carbocycles. The van der Waals surface area contributed by atoms with E-state index in [2.05, 4.69) is 15.6 Å². The third-order valence-electron chi connectivity index (χ3n) is 5.06. The number of amides is 3. The lowest BCUT2D eigenvalue weighted by Gasteiger charge is -2.24. The van der Waals surface area contributed by atoms with Crippen LogP contribution in [0.5, 0.6) is 0 Å². The number of H-pyrrole nitrogens is 1. The Morgan fingerprint density at radius 2 is 1.71 bits per heavy atom. The molecule has 31 heavy (non-hydrogen) atoms. The topological polar surface area (TPSA) is 180 Å². The van der Waals surface area contributed by atoms with E-state index in [4.69, 9.17) is 16.6 Å². The van der Waals surface area contributed by atoms with E-state index in [0.717, 1.165) is 16.5 Å². The Balaban J connectivity index is 2.15. The van der Waals surface area contributed by atoms with Gasteiger partial charge < -0.3 is 32.2 Å². The number of rotatable bonds is 11. The van der Waals surface area contributed by atoms with Crippen LogP contribution in [0.2, 0.25) is 0 Å². The van der Waals surface area contributed by atoms with Gasteiger partial charge in [0.25, 0.3) is 0 Å². The van der Waals surface area contributed by atoms with Gasteiger partial charge in [0, 0.05) is 29.9 Å². The van der Waals surface area contributed by atoms with Gasteiger partial charge in [0.05, 0.1) is 6.04 Å². The molecular weight excluding hydrogens is 402 g/mol. The van der Waals surface area contributed by atoms with E-state index < -0.39 is 41.8 Å². The smallest absolute Gasteiger partial charge is 0.303 e. The Labute approximate surface area is 179 Å². The van der Waals surface area contributed by atoms with Crippen molar-refractivity contribution in [1.82, 2.24) is 15.6 Å². The number of aromatic nitrogens is 1. The molecule has 2 rings (SSSR count). The van der Waals surface area contributed by atoms with Gasteiger partial charge in [-0.3, -0.25) is 19.2 Å². The molecule has 3 unspecified atom stereocenters. The van der Waals surface area contributed by atoms with Gasteiger partial charge in [-0.25, -0.2) is 0 Å². The van der Waals surface area contributed by atoms with Crippen LogP contribution in [0.4, 0.5) is 0 Å². The van der Waals surface area contributed by atoms with Crippen LogP contribution in [0.3, 0.4) is 0 Å². The Morgan fingerprint density at radius 3 is 2.32 bits per heavy atom. The fourth-order valence-corrected chi connectivity index (χ4v) is 3.12. The van der Waals surface area contributed by atoms with Gasteiger partial charge in [-0.1, -0.05) is 32.0 Å². The fraction of sp³-hybridized carbons (Fsp3) is 0.429. The molecule has 1 aromatic heterocycles. The zero-order chi connectivity index (χ0) is 23.1. The first kappa shape index (κ1) is 23.9. The Hall–Kier alpha value is -3.40. The van der Waals surface area contributed by atoms with E-state index in [1.54, 1.807) is 20.0 Å². The highest BCUT2D eigenvalue weighted by Gasteiger charge is 2.29. The van der Waals surface area contributed by atoms with Gasteiger partial charge in [0.1, 0.15) is 12.1 Å². The second-order valence-electron chi connectivity index (χ2n) is 7.79. The summed E-state index contributed by atoms with van der Waals surface area (Å²) < 4.78 is 0. The van der Waals surface area contributed by atoms with Gasteiger partial charge in [-0.15, -0.1) is 0 Å². The van der Waals surface area contributed by atoms with E-state index >= 15 is 0 Å². The Kier molecular flexibility index (Phi) is 8.14. The first-order valence-corrected chi connectivity index (χ1v) is 10.0. The molecule has 1 aromatic carbocycles. The average Bonchev–Trinajstić information content (AvgIpc) is 3.12.